The van der Waals surface area contributed by atoms with Crippen LogP contribution in [0.3, 0.4) is 0 Å². The van der Waals surface area contributed by atoms with Crippen LogP contribution in [0.25, 0.3) is 0 Å². The Kier molecular flexibility index (Phi) is 2.15. The second-order valence-corrected chi connectivity index (χ2v) is 3.27. The Hall–Kier alpha value is -1.56. The van der Waals surface area contributed by atoms with E-state index in [1.54, 1.807) is 0 Å². The summed E-state index contributed by atoms with van der Waals surface area (Å²) in [7, 11) is 0. The maximum Gasteiger partial charge on any atom is 0.245 e. The number of hydrogen-bond acceptors (Lipinski definition) is 2. The normalized spacial score (nSPS) is 20.4. The fourth-order valence-electron chi connectivity index (χ4n) is 1.45. The summed E-state index contributed by atoms with van der Waals surface area (Å²) in [4.78, 5) is 12.0. The molecule has 1 saturated heterocycles. The van der Waals surface area contributed by atoms with Crippen molar-refractivity contribution in [3.8, 4) is 0 Å². The molecule has 1 aromatic carbocycles. The maximum atomic E-state index is 13.2. The van der Waals surface area contributed by atoms with Crippen LogP contribution in [-0.4, -0.2) is 18.5 Å². The number of nitrogens with zero attached hydrogens (tertiary/aromatic N) is 1. The van der Waals surface area contributed by atoms with Crippen LogP contribution in [0.5, 0.6) is 0 Å². The van der Waals surface area contributed by atoms with Gasteiger partial charge in [-0.25, -0.2) is 13.2 Å². The van der Waals surface area contributed by atoms with Crippen molar-refractivity contribution in [2.45, 2.75) is 6.04 Å². The van der Waals surface area contributed by atoms with Gasteiger partial charge in [0.1, 0.15) is 17.5 Å². The lowest BCUT2D eigenvalue weighted by Gasteiger charge is -2.36. The zero-order valence-corrected chi connectivity index (χ0v) is 7.51. The molecule has 2 N–H and O–H groups in total. The molecule has 2 rings (SSSR count). The summed E-state index contributed by atoms with van der Waals surface area (Å²) in [5.41, 5.74) is 4.73. The van der Waals surface area contributed by atoms with Crippen LogP contribution in [-0.2, 0) is 4.79 Å². The molecule has 0 saturated carbocycles. The van der Waals surface area contributed by atoms with Crippen LogP contribution < -0.4 is 10.6 Å². The highest BCUT2D eigenvalue weighted by atomic mass is 19.1. The van der Waals surface area contributed by atoms with Gasteiger partial charge < -0.3 is 10.6 Å². The van der Waals surface area contributed by atoms with Crippen molar-refractivity contribution in [1.29, 1.82) is 0 Å². The van der Waals surface area contributed by atoms with Gasteiger partial charge >= 0.3 is 0 Å². The van der Waals surface area contributed by atoms with Crippen molar-refractivity contribution in [2.75, 3.05) is 11.4 Å². The van der Waals surface area contributed by atoms with E-state index < -0.39 is 35.1 Å². The average molecular weight is 216 g/mol. The van der Waals surface area contributed by atoms with Crippen LogP contribution in [0, 0.1) is 17.5 Å². The molecule has 1 aliphatic heterocycles. The van der Waals surface area contributed by atoms with Crippen LogP contribution in [0.4, 0.5) is 18.9 Å². The molecule has 1 aliphatic rings. The Labute approximate surface area is 83.3 Å². The summed E-state index contributed by atoms with van der Waals surface area (Å²) in [6.45, 7) is 0.0400. The second kappa shape index (κ2) is 3.23. The number of carbonyl (C=O) groups is 1. The molecule has 0 aliphatic carbocycles. The lowest BCUT2D eigenvalue weighted by atomic mass is 10.1. The Balaban J connectivity index is 2.41. The predicted octanol–water partition coefficient (Wildman–Crippen LogP) is 0.778. The monoisotopic (exact) mass is 216 g/mol. The minimum Gasteiger partial charge on any atom is -0.318 e. The van der Waals surface area contributed by atoms with E-state index in [9.17, 15) is 18.0 Å². The fourth-order valence-corrected chi connectivity index (χ4v) is 1.45. The Morgan fingerprint density at radius 1 is 1.27 bits per heavy atom. The van der Waals surface area contributed by atoms with Crippen molar-refractivity contribution < 1.29 is 18.0 Å². The summed E-state index contributed by atoms with van der Waals surface area (Å²) in [5, 5.41) is 0. The van der Waals surface area contributed by atoms with Crippen LogP contribution in [0.1, 0.15) is 0 Å². The number of β-lactam (4-membered cyclic amide) rings is 1. The molecule has 15 heavy (non-hydrogen) atoms. The molecule has 1 amide bonds. The Morgan fingerprint density at radius 2 is 1.80 bits per heavy atom. The molecule has 1 heterocycles. The van der Waals surface area contributed by atoms with E-state index >= 15 is 0 Å². The zero-order valence-electron chi connectivity index (χ0n) is 7.51. The SMILES string of the molecule is NC1CN(c2c(F)cc(F)cc2F)C1=O. The van der Waals surface area contributed by atoms with Gasteiger partial charge in [0.25, 0.3) is 0 Å². The molecule has 0 bridgehead atoms. The Bertz CT molecular complexity index is 412. The van der Waals surface area contributed by atoms with Crippen molar-refractivity contribution >= 4 is 11.6 Å². The summed E-state index contributed by atoms with van der Waals surface area (Å²) >= 11 is 0. The number of hydrogen-bond donors (Lipinski definition) is 1. The lowest BCUT2D eigenvalue weighted by molar-refractivity contribution is -0.123. The minimum atomic E-state index is -1.10. The van der Waals surface area contributed by atoms with E-state index in [2.05, 4.69) is 0 Å². The number of amides is 1. The highest BCUT2D eigenvalue weighted by Crippen LogP contribution is 2.28. The molecular weight excluding hydrogens is 209 g/mol. The van der Waals surface area contributed by atoms with E-state index in [0.717, 1.165) is 4.90 Å². The van der Waals surface area contributed by atoms with Gasteiger partial charge in [0.05, 0.1) is 6.54 Å². The summed E-state index contributed by atoms with van der Waals surface area (Å²) in [6.07, 6.45) is 0. The van der Waals surface area contributed by atoms with Gasteiger partial charge in [-0.2, -0.15) is 0 Å². The molecular formula is C9H7F3N2O. The molecule has 6 heteroatoms. The van der Waals surface area contributed by atoms with E-state index in [4.69, 9.17) is 5.73 Å². The Morgan fingerprint density at radius 3 is 2.20 bits per heavy atom. The summed E-state index contributed by atoms with van der Waals surface area (Å²) in [5.74, 6) is -3.80. The first-order chi connectivity index (χ1) is 7.00. The van der Waals surface area contributed by atoms with Gasteiger partial charge in [0.2, 0.25) is 5.91 Å². The molecule has 80 valence electrons. The number of halogens is 3. The largest absolute Gasteiger partial charge is 0.318 e. The number of anilines is 1. The number of carbonyl (C=O) groups excluding carboxylic acids is 1. The molecule has 0 spiro atoms. The van der Waals surface area contributed by atoms with E-state index in [-0.39, 0.29) is 6.54 Å². The van der Waals surface area contributed by atoms with E-state index in [1.807, 2.05) is 0 Å². The van der Waals surface area contributed by atoms with Gasteiger partial charge in [-0.1, -0.05) is 0 Å². The van der Waals surface area contributed by atoms with Crippen molar-refractivity contribution in [3.63, 3.8) is 0 Å². The number of benzene rings is 1. The third-order valence-corrected chi connectivity index (χ3v) is 2.21. The zero-order chi connectivity index (χ0) is 11.2. The number of nitrogens with two attached hydrogens (primary N) is 1. The molecule has 1 atom stereocenters. The first kappa shape index (κ1) is 9.97. The minimum absolute atomic E-state index is 0.0400. The molecule has 3 nitrogen and oxygen atoms in total. The van der Waals surface area contributed by atoms with Crippen molar-refractivity contribution in [2.24, 2.45) is 5.73 Å². The second-order valence-electron chi connectivity index (χ2n) is 3.27. The highest BCUT2D eigenvalue weighted by Gasteiger charge is 2.37. The maximum absolute atomic E-state index is 13.2. The van der Waals surface area contributed by atoms with E-state index in [0.29, 0.717) is 12.1 Å². The van der Waals surface area contributed by atoms with Gasteiger partial charge in [-0.15, -0.1) is 0 Å². The van der Waals surface area contributed by atoms with Crippen molar-refractivity contribution in [3.05, 3.63) is 29.6 Å². The standard InChI is InChI=1S/C9H7F3N2O/c10-4-1-5(11)8(6(12)2-4)14-3-7(13)9(14)15/h1-2,7H,3,13H2. The predicted molar refractivity (Wildman–Crippen MR) is 46.6 cm³/mol. The van der Waals surface area contributed by atoms with Gasteiger partial charge in [-0.3, -0.25) is 4.79 Å². The average Bonchev–Trinajstić information content (AvgIpc) is 2.15. The molecule has 1 unspecified atom stereocenters. The smallest absolute Gasteiger partial charge is 0.245 e. The highest BCUT2D eigenvalue weighted by molar-refractivity contribution is 6.04. The topological polar surface area (TPSA) is 46.3 Å². The number of rotatable bonds is 1. The lowest BCUT2D eigenvalue weighted by Crippen LogP contribution is -2.61. The van der Waals surface area contributed by atoms with Gasteiger partial charge in [-0.05, 0) is 0 Å². The summed E-state index contributed by atoms with van der Waals surface area (Å²) < 4.78 is 38.9. The molecule has 1 aromatic rings. The quantitative estimate of drug-likeness (QED) is 0.705. The third kappa shape index (κ3) is 1.46. The van der Waals surface area contributed by atoms with Gasteiger partial charge in [0.15, 0.2) is 11.6 Å². The first-order valence-corrected chi connectivity index (χ1v) is 4.22. The molecule has 0 radical (unpaired) electrons. The van der Waals surface area contributed by atoms with Crippen LogP contribution in [0.2, 0.25) is 0 Å². The molecule has 0 aromatic heterocycles. The van der Waals surface area contributed by atoms with Crippen LogP contribution >= 0.6 is 0 Å². The fraction of sp³-hybridized carbons (Fsp3) is 0.222. The first-order valence-electron chi connectivity index (χ1n) is 4.22. The van der Waals surface area contributed by atoms with Crippen LogP contribution in [0.15, 0.2) is 12.1 Å². The van der Waals surface area contributed by atoms with Gasteiger partial charge in [0, 0.05) is 12.1 Å². The third-order valence-electron chi connectivity index (χ3n) is 2.21. The molecule has 1 fully saturated rings. The summed E-state index contributed by atoms with van der Waals surface area (Å²) in [6, 6.07) is 0.319. The van der Waals surface area contributed by atoms with Crippen molar-refractivity contribution in [1.82, 2.24) is 0 Å². The van der Waals surface area contributed by atoms with E-state index in [1.165, 1.54) is 0 Å².